The molecule has 2 aromatic heterocycles. The maximum atomic E-state index is 14.9. The Kier molecular flexibility index (Phi) is 8.53. The topological polar surface area (TPSA) is 81.7 Å². The van der Waals surface area contributed by atoms with Crippen LogP contribution in [0.1, 0.15) is 38.4 Å². The van der Waals surface area contributed by atoms with Gasteiger partial charge in [0, 0.05) is 70.9 Å². The van der Waals surface area contributed by atoms with Gasteiger partial charge in [0.25, 0.3) is 11.8 Å². The smallest absolute Gasteiger partial charge is 0.270 e. The van der Waals surface area contributed by atoms with E-state index in [9.17, 15) is 18.4 Å². The summed E-state index contributed by atoms with van der Waals surface area (Å²) in [6, 6.07) is 12.8. The summed E-state index contributed by atoms with van der Waals surface area (Å²) in [5.74, 6) is -0.837. The lowest BCUT2D eigenvalue weighted by Gasteiger charge is -2.35. The van der Waals surface area contributed by atoms with E-state index in [0.717, 1.165) is 11.1 Å². The zero-order chi connectivity index (χ0) is 27.2. The minimum absolute atomic E-state index is 0.138. The Morgan fingerprint density at radius 1 is 0.872 bits per heavy atom. The minimum Gasteiger partial charge on any atom is -0.345 e. The van der Waals surface area contributed by atoms with Crippen molar-refractivity contribution in [3.63, 3.8) is 0 Å². The fraction of sp³-hybridized carbons (Fsp3) is 0.379. The van der Waals surface area contributed by atoms with Crippen molar-refractivity contribution in [3.8, 4) is 0 Å². The lowest BCUT2D eigenvalue weighted by Crippen LogP contribution is -2.52. The van der Waals surface area contributed by atoms with E-state index in [1.807, 2.05) is 17.0 Å². The summed E-state index contributed by atoms with van der Waals surface area (Å²) in [5.41, 5.74) is 2.67. The van der Waals surface area contributed by atoms with Gasteiger partial charge in [-0.2, -0.15) is 0 Å². The van der Waals surface area contributed by atoms with Crippen LogP contribution in [0.4, 0.5) is 8.78 Å². The van der Waals surface area contributed by atoms with E-state index >= 15 is 0 Å². The summed E-state index contributed by atoms with van der Waals surface area (Å²) in [5, 5.41) is 2.77. The first-order valence-corrected chi connectivity index (χ1v) is 13.2. The molecule has 2 aliphatic heterocycles. The number of carbonyl (C=O) groups excluding carboxylic acids is 2. The van der Waals surface area contributed by atoms with Crippen LogP contribution in [0, 0.1) is 5.82 Å². The summed E-state index contributed by atoms with van der Waals surface area (Å²) in [7, 11) is 0. The van der Waals surface area contributed by atoms with Gasteiger partial charge in [-0.15, -0.1) is 0 Å². The zero-order valence-electron chi connectivity index (χ0n) is 21.7. The lowest BCUT2D eigenvalue weighted by molar-refractivity contribution is 0.0627. The van der Waals surface area contributed by atoms with Crippen LogP contribution < -0.4 is 5.32 Å². The summed E-state index contributed by atoms with van der Waals surface area (Å²) in [6.07, 6.45) is 4.17. The van der Waals surface area contributed by atoms with Crippen LogP contribution in [0.25, 0.3) is 0 Å². The summed E-state index contributed by atoms with van der Waals surface area (Å²) >= 11 is 0. The van der Waals surface area contributed by atoms with Gasteiger partial charge in [0.15, 0.2) is 0 Å². The van der Waals surface area contributed by atoms with Crippen molar-refractivity contribution in [1.29, 1.82) is 0 Å². The standard InChI is InChI=1S/C29H32F2N6O2/c30-24-4-1-21(2-5-24)18-35-13-15-37(16-14-35)29(39)23-3-6-27(33-17-23)28(38)34-26-9-12-36(20-25(26)31)19-22-7-10-32-11-8-22/h1-8,10-11,17,25-26H,9,12-16,18-20H2,(H,34,38)/t25-,26+/m1/s1. The molecule has 2 amide bonds. The molecule has 2 saturated heterocycles. The zero-order valence-corrected chi connectivity index (χ0v) is 21.7. The molecular weight excluding hydrogens is 502 g/mol. The van der Waals surface area contributed by atoms with Crippen molar-refractivity contribution >= 4 is 11.8 Å². The molecule has 1 N–H and O–H groups in total. The molecule has 3 aromatic rings. The number of nitrogens with zero attached hydrogens (tertiary/aromatic N) is 5. The van der Waals surface area contributed by atoms with Crippen molar-refractivity contribution in [2.45, 2.75) is 31.7 Å². The molecule has 0 saturated carbocycles. The Balaban J connectivity index is 1.08. The predicted molar refractivity (Wildman–Crippen MR) is 142 cm³/mol. The van der Waals surface area contributed by atoms with E-state index in [-0.39, 0.29) is 24.0 Å². The molecule has 0 radical (unpaired) electrons. The number of aromatic nitrogens is 2. The summed E-state index contributed by atoms with van der Waals surface area (Å²) in [4.78, 5) is 39.9. The highest BCUT2D eigenvalue weighted by Gasteiger charge is 2.31. The lowest BCUT2D eigenvalue weighted by atomic mass is 10.0. The van der Waals surface area contributed by atoms with Gasteiger partial charge in [-0.05, 0) is 53.9 Å². The van der Waals surface area contributed by atoms with Crippen LogP contribution in [-0.2, 0) is 13.1 Å². The van der Waals surface area contributed by atoms with Crippen molar-refractivity contribution in [1.82, 2.24) is 30.0 Å². The Labute approximate surface area is 226 Å². The van der Waals surface area contributed by atoms with Crippen LogP contribution in [0.3, 0.4) is 0 Å². The first-order chi connectivity index (χ1) is 18.9. The second kappa shape index (κ2) is 12.4. The molecule has 4 heterocycles. The van der Waals surface area contributed by atoms with Crippen LogP contribution in [0.2, 0.25) is 0 Å². The number of nitrogens with one attached hydrogen (secondary N) is 1. The molecule has 1 aromatic carbocycles. The van der Waals surface area contributed by atoms with Crippen LogP contribution in [0.5, 0.6) is 0 Å². The van der Waals surface area contributed by atoms with Crippen molar-refractivity contribution in [2.24, 2.45) is 0 Å². The molecule has 0 spiro atoms. The van der Waals surface area contributed by atoms with Gasteiger partial charge in [-0.3, -0.25) is 29.4 Å². The molecule has 0 aliphatic carbocycles. The van der Waals surface area contributed by atoms with E-state index in [2.05, 4.69) is 20.2 Å². The number of carbonyl (C=O) groups is 2. The number of alkyl halides is 1. The number of piperazine rings is 1. The summed E-state index contributed by atoms with van der Waals surface area (Å²) in [6.45, 7) is 4.82. The number of benzene rings is 1. The maximum Gasteiger partial charge on any atom is 0.270 e. The molecule has 0 bridgehead atoms. The monoisotopic (exact) mass is 534 g/mol. The van der Waals surface area contributed by atoms with Gasteiger partial charge in [0.05, 0.1) is 11.6 Å². The fourth-order valence-electron chi connectivity index (χ4n) is 5.06. The van der Waals surface area contributed by atoms with E-state index in [1.165, 1.54) is 24.4 Å². The Morgan fingerprint density at radius 3 is 2.23 bits per heavy atom. The number of pyridine rings is 2. The highest BCUT2D eigenvalue weighted by molar-refractivity contribution is 5.96. The van der Waals surface area contributed by atoms with Gasteiger partial charge in [0.2, 0.25) is 0 Å². The highest BCUT2D eigenvalue weighted by Crippen LogP contribution is 2.18. The molecule has 10 heteroatoms. The van der Waals surface area contributed by atoms with E-state index in [4.69, 9.17) is 0 Å². The third kappa shape index (κ3) is 7.01. The van der Waals surface area contributed by atoms with E-state index in [0.29, 0.717) is 57.8 Å². The minimum atomic E-state index is -1.19. The quantitative estimate of drug-likeness (QED) is 0.502. The normalized spacial score (nSPS) is 20.5. The first-order valence-electron chi connectivity index (χ1n) is 13.2. The van der Waals surface area contributed by atoms with Crippen molar-refractivity contribution < 1.29 is 18.4 Å². The summed E-state index contributed by atoms with van der Waals surface area (Å²) < 4.78 is 28.0. The van der Waals surface area contributed by atoms with Crippen molar-refractivity contribution in [2.75, 3.05) is 39.3 Å². The molecule has 2 fully saturated rings. The third-order valence-electron chi connectivity index (χ3n) is 7.32. The van der Waals surface area contributed by atoms with E-state index in [1.54, 1.807) is 35.5 Å². The van der Waals surface area contributed by atoms with Crippen molar-refractivity contribution in [3.05, 3.63) is 95.3 Å². The van der Waals surface area contributed by atoms with Gasteiger partial charge < -0.3 is 10.2 Å². The Morgan fingerprint density at radius 2 is 1.56 bits per heavy atom. The number of likely N-dealkylation sites (tertiary alicyclic amines) is 1. The molecule has 2 aliphatic rings. The van der Waals surface area contributed by atoms with Crippen LogP contribution in [-0.4, -0.2) is 88.0 Å². The predicted octanol–water partition coefficient (Wildman–Crippen LogP) is 2.92. The van der Waals surface area contributed by atoms with Gasteiger partial charge in [-0.1, -0.05) is 12.1 Å². The molecular formula is C29H32F2N6O2. The SMILES string of the molecule is O=C(N[C@H]1CCN(Cc2ccncc2)C[C@H]1F)c1ccc(C(=O)N2CCN(Cc3ccc(F)cc3)CC2)cn1. The molecule has 8 nitrogen and oxygen atoms in total. The second-order valence-electron chi connectivity index (χ2n) is 10.1. The van der Waals surface area contributed by atoms with E-state index < -0.39 is 18.1 Å². The van der Waals surface area contributed by atoms with Gasteiger partial charge in [0.1, 0.15) is 17.7 Å². The van der Waals surface area contributed by atoms with Crippen LogP contribution >= 0.6 is 0 Å². The Bertz CT molecular complexity index is 1250. The third-order valence-corrected chi connectivity index (χ3v) is 7.32. The number of amides is 2. The second-order valence-corrected chi connectivity index (χ2v) is 10.1. The molecule has 5 rings (SSSR count). The van der Waals surface area contributed by atoms with Gasteiger partial charge in [-0.25, -0.2) is 8.78 Å². The Hall–Kier alpha value is -3.76. The maximum absolute atomic E-state index is 14.9. The fourth-order valence-corrected chi connectivity index (χ4v) is 5.06. The largest absolute Gasteiger partial charge is 0.345 e. The molecule has 39 heavy (non-hydrogen) atoms. The molecule has 0 unspecified atom stereocenters. The number of piperidine rings is 1. The van der Waals surface area contributed by atoms with Crippen LogP contribution in [0.15, 0.2) is 67.1 Å². The average Bonchev–Trinajstić information content (AvgIpc) is 2.96. The average molecular weight is 535 g/mol. The first kappa shape index (κ1) is 26.8. The molecule has 2 atom stereocenters. The highest BCUT2D eigenvalue weighted by atomic mass is 19.1. The number of hydrogen-bond acceptors (Lipinski definition) is 6. The van der Waals surface area contributed by atoms with Gasteiger partial charge >= 0.3 is 0 Å². The number of rotatable bonds is 7. The number of halogens is 2. The number of hydrogen-bond donors (Lipinski definition) is 1. The molecule has 204 valence electrons.